The van der Waals surface area contributed by atoms with Crippen molar-refractivity contribution in [1.82, 2.24) is 5.32 Å². The Kier molecular flexibility index (Phi) is 6.36. The van der Waals surface area contributed by atoms with E-state index in [0.29, 0.717) is 17.9 Å². The Labute approximate surface area is 138 Å². The van der Waals surface area contributed by atoms with Gasteiger partial charge in [0.2, 0.25) is 0 Å². The molecule has 5 nitrogen and oxygen atoms in total. The third-order valence-electron chi connectivity index (χ3n) is 3.00. The van der Waals surface area contributed by atoms with Crippen molar-refractivity contribution in [3.05, 3.63) is 54.1 Å². The maximum Gasteiger partial charge on any atom is 0.387 e. The molecule has 0 heterocycles. The normalized spacial score (nSPS) is 10.3. The number of hydrogen-bond acceptors (Lipinski definition) is 3. The lowest BCUT2D eigenvalue weighted by Gasteiger charge is -2.10. The second-order valence-corrected chi connectivity index (χ2v) is 4.79. The fourth-order valence-corrected chi connectivity index (χ4v) is 1.99. The van der Waals surface area contributed by atoms with Crippen molar-refractivity contribution < 1.29 is 23.0 Å². The minimum Gasteiger partial charge on any atom is -0.494 e. The van der Waals surface area contributed by atoms with E-state index in [9.17, 15) is 13.6 Å². The summed E-state index contributed by atoms with van der Waals surface area (Å²) in [5, 5.41) is 5.31. The highest BCUT2D eigenvalue weighted by atomic mass is 19.3. The quantitative estimate of drug-likeness (QED) is 0.803. The Morgan fingerprint density at radius 3 is 2.54 bits per heavy atom. The molecule has 2 rings (SSSR count). The van der Waals surface area contributed by atoms with E-state index < -0.39 is 12.6 Å². The number of carbonyl (C=O) groups excluding carboxylic acids is 1. The summed E-state index contributed by atoms with van der Waals surface area (Å²) in [5.41, 5.74) is 1.26. The summed E-state index contributed by atoms with van der Waals surface area (Å²) in [6.07, 6.45) is 0. The Bertz CT molecular complexity index is 663. The van der Waals surface area contributed by atoms with Crippen molar-refractivity contribution in [2.45, 2.75) is 20.1 Å². The molecule has 2 amide bonds. The molecule has 0 aliphatic heterocycles. The van der Waals surface area contributed by atoms with E-state index in [0.717, 1.165) is 5.75 Å². The standard InChI is InChI=1S/C17H18F2N2O3/c1-2-23-14-8-6-13(7-9-14)21-17(22)20-11-12-4-3-5-15(10-12)24-16(18)19/h3-10,16H,2,11H2,1H3,(H2,20,21,22). The van der Waals surface area contributed by atoms with E-state index >= 15 is 0 Å². The topological polar surface area (TPSA) is 59.6 Å². The number of hydrogen-bond donors (Lipinski definition) is 2. The third kappa shape index (κ3) is 5.75. The van der Waals surface area contributed by atoms with E-state index in [1.54, 1.807) is 36.4 Å². The first-order valence-electron chi connectivity index (χ1n) is 7.38. The third-order valence-corrected chi connectivity index (χ3v) is 3.00. The number of nitrogens with one attached hydrogen (secondary N) is 2. The largest absolute Gasteiger partial charge is 0.494 e. The summed E-state index contributed by atoms with van der Waals surface area (Å²) in [5.74, 6) is 0.774. The minimum atomic E-state index is -2.88. The summed E-state index contributed by atoms with van der Waals surface area (Å²) in [6, 6.07) is 12.7. The van der Waals surface area contributed by atoms with Crippen LogP contribution in [0.5, 0.6) is 11.5 Å². The molecule has 0 unspecified atom stereocenters. The summed E-state index contributed by atoms with van der Waals surface area (Å²) in [4.78, 5) is 11.9. The number of rotatable bonds is 7. The van der Waals surface area contributed by atoms with Gasteiger partial charge in [0.15, 0.2) is 0 Å². The summed E-state index contributed by atoms with van der Waals surface area (Å²) < 4.78 is 34.0. The molecule has 0 aromatic heterocycles. The van der Waals surface area contributed by atoms with Crippen LogP contribution in [0.15, 0.2) is 48.5 Å². The fraction of sp³-hybridized carbons (Fsp3) is 0.235. The van der Waals surface area contributed by atoms with Crippen molar-refractivity contribution in [1.29, 1.82) is 0 Å². The van der Waals surface area contributed by atoms with Gasteiger partial charge in [0.25, 0.3) is 0 Å². The van der Waals surface area contributed by atoms with Crippen LogP contribution in [0.3, 0.4) is 0 Å². The number of amides is 2. The fourth-order valence-electron chi connectivity index (χ4n) is 1.99. The summed E-state index contributed by atoms with van der Waals surface area (Å²) >= 11 is 0. The summed E-state index contributed by atoms with van der Waals surface area (Å²) in [6.45, 7) is -0.234. The number of anilines is 1. The van der Waals surface area contributed by atoms with Crippen LogP contribution in [-0.2, 0) is 6.54 Å². The minimum absolute atomic E-state index is 0.0521. The van der Waals surface area contributed by atoms with Gasteiger partial charge < -0.3 is 20.1 Å². The lowest BCUT2D eigenvalue weighted by atomic mass is 10.2. The van der Waals surface area contributed by atoms with Crippen LogP contribution in [-0.4, -0.2) is 19.2 Å². The highest BCUT2D eigenvalue weighted by Gasteiger charge is 2.06. The van der Waals surface area contributed by atoms with E-state index in [2.05, 4.69) is 15.4 Å². The molecular weight excluding hydrogens is 318 g/mol. The number of carbonyl (C=O) groups is 1. The molecule has 0 atom stereocenters. The average Bonchev–Trinajstić information content (AvgIpc) is 2.55. The summed E-state index contributed by atoms with van der Waals surface area (Å²) in [7, 11) is 0. The lowest BCUT2D eigenvalue weighted by molar-refractivity contribution is -0.0498. The smallest absolute Gasteiger partial charge is 0.387 e. The SMILES string of the molecule is CCOc1ccc(NC(=O)NCc2cccc(OC(F)F)c2)cc1. The van der Waals surface area contributed by atoms with Gasteiger partial charge in [0, 0.05) is 12.2 Å². The molecule has 24 heavy (non-hydrogen) atoms. The molecule has 0 saturated carbocycles. The van der Waals surface area contributed by atoms with E-state index in [1.165, 1.54) is 12.1 Å². The van der Waals surface area contributed by atoms with Gasteiger partial charge in [-0.25, -0.2) is 4.79 Å². The molecule has 7 heteroatoms. The monoisotopic (exact) mass is 336 g/mol. The first-order chi connectivity index (χ1) is 11.6. The van der Waals surface area contributed by atoms with Crippen molar-refractivity contribution >= 4 is 11.7 Å². The predicted octanol–water partition coefficient (Wildman–Crippen LogP) is 4.01. The number of benzene rings is 2. The van der Waals surface area contributed by atoms with Crippen LogP contribution >= 0.6 is 0 Å². The first-order valence-corrected chi connectivity index (χ1v) is 7.38. The van der Waals surface area contributed by atoms with Gasteiger partial charge in [-0.15, -0.1) is 0 Å². The Balaban J connectivity index is 1.84. The van der Waals surface area contributed by atoms with Crippen LogP contribution in [0.1, 0.15) is 12.5 Å². The number of ether oxygens (including phenoxy) is 2. The van der Waals surface area contributed by atoms with Crippen molar-refractivity contribution in [3.8, 4) is 11.5 Å². The molecule has 0 aliphatic carbocycles. The molecule has 0 bridgehead atoms. The van der Waals surface area contributed by atoms with Crippen molar-refractivity contribution in [2.24, 2.45) is 0 Å². The molecule has 0 spiro atoms. The Morgan fingerprint density at radius 2 is 1.88 bits per heavy atom. The molecule has 0 aliphatic rings. The molecular formula is C17H18F2N2O3. The predicted molar refractivity (Wildman–Crippen MR) is 86.5 cm³/mol. The highest BCUT2D eigenvalue weighted by Crippen LogP contribution is 2.17. The maximum absolute atomic E-state index is 12.2. The number of halogens is 2. The van der Waals surface area contributed by atoms with Crippen LogP contribution in [0.4, 0.5) is 19.3 Å². The van der Waals surface area contributed by atoms with Gasteiger partial charge in [-0.2, -0.15) is 8.78 Å². The van der Waals surface area contributed by atoms with E-state index in [-0.39, 0.29) is 12.3 Å². The van der Waals surface area contributed by atoms with Gasteiger partial charge in [0.1, 0.15) is 11.5 Å². The highest BCUT2D eigenvalue weighted by molar-refractivity contribution is 5.89. The molecule has 0 fully saturated rings. The molecule has 2 N–H and O–H groups in total. The second-order valence-electron chi connectivity index (χ2n) is 4.79. The van der Waals surface area contributed by atoms with Crippen LogP contribution < -0.4 is 20.1 Å². The zero-order valence-electron chi connectivity index (χ0n) is 13.1. The van der Waals surface area contributed by atoms with Crippen LogP contribution in [0, 0.1) is 0 Å². The second kappa shape index (κ2) is 8.71. The first kappa shape index (κ1) is 17.5. The number of urea groups is 1. The molecule has 0 saturated heterocycles. The Hall–Kier alpha value is -2.83. The lowest BCUT2D eigenvalue weighted by Crippen LogP contribution is -2.28. The number of alkyl halides is 2. The van der Waals surface area contributed by atoms with Crippen molar-refractivity contribution in [2.75, 3.05) is 11.9 Å². The van der Waals surface area contributed by atoms with Crippen molar-refractivity contribution in [3.63, 3.8) is 0 Å². The van der Waals surface area contributed by atoms with Gasteiger partial charge >= 0.3 is 12.6 Å². The van der Waals surface area contributed by atoms with E-state index in [4.69, 9.17) is 4.74 Å². The Morgan fingerprint density at radius 1 is 1.12 bits per heavy atom. The zero-order chi connectivity index (χ0) is 17.4. The van der Waals surface area contributed by atoms with Gasteiger partial charge in [0.05, 0.1) is 6.61 Å². The van der Waals surface area contributed by atoms with Gasteiger partial charge in [-0.3, -0.25) is 0 Å². The molecule has 128 valence electrons. The zero-order valence-corrected chi connectivity index (χ0v) is 13.1. The maximum atomic E-state index is 12.2. The molecule has 2 aromatic rings. The van der Waals surface area contributed by atoms with Gasteiger partial charge in [-0.1, -0.05) is 12.1 Å². The molecule has 2 aromatic carbocycles. The van der Waals surface area contributed by atoms with Crippen LogP contribution in [0.2, 0.25) is 0 Å². The molecule has 0 radical (unpaired) electrons. The van der Waals surface area contributed by atoms with Crippen LogP contribution in [0.25, 0.3) is 0 Å². The average molecular weight is 336 g/mol. The van der Waals surface area contributed by atoms with Gasteiger partial charge in [-0.05, 0) is 48.9 Å². The van der Waals surface area contributed by atoms with E-state index in [1.807, 2.05) is 6.92 Å².